The summed E-state index contributed by atoms with van der Waals surface area (Å²) in [7, 11) is 0. The first-order valence-electron chi connectivity index (χ1n) is 4.99. The third-order valence-electron chi connectivity index (χ3n) is 2.16. The van der Waals surface area contributed by atoms with Crippen LogP contribution in [0.2, 0.25) is 0 Å². The number of hydrogen-bond donors (Lipinski definition) is 4. The Morgan fingerprint density at radius 2 is 2.07 bits per heavy atom. The molecule has 5 N–H and O–H groups in total. The van der Waals surface area contributed by atoms with Gasteiger partial charge in [0.2, 0.25) is 0 Å². The maximum absolute atomic E-state index is 9.10. The summed E-state index contributed by atoms with van der Waals surface area (Å²) in [6.45, 7) is 3.94. The Morgan fingerprint density at radius 3 is 2.40 bits per heavy atom. The minimum Gasteiger partial charge on any atom is -0.403 e. The van der Waals surface area contributed by atoms with Gasteiger partial charge in [0.05, 0.1) is 12.7 Å². The molecule has 0 bridgehead atoms. The second kappa shape index (κ2) is 7.64. The van der Waals surface area contributed by atoms with Crippen LogP contribution in [0, 0.1) is 0 Å². The third-order valence-corrected chi connectivity index (χ3v) is 2.16. The number of aliphatic hydroxyl groups is 3. The van der Waals surface area contributed by atoms with E-state index in [1.807, 2.05) is 19.9 Å². The van der Waals surface area contributed by atoms with E-state index in [1.54, 1.807) is 0 Å². The molecule has 0 amide bonds. The van der Waals surface area contributed by atoms with E-state index in [1.165, 1.54) is 0 Å². The Labute approximate surface area is 90.2 Å². The average Bonchev–Trinajstić information content (AvgIpc) is 2.23. The molecule has 1 fully saturated rings. The Bertz CT molecular complexity index is 192. The van der Waals surface area contributed by atoms with Gasteiger partial charge in [-0.25, -0.2) is 0 Å². The summed E-state index contributed by atoms with van der Waals surface area (Å²) in [4.78, 5) is 0. The van der Waals surface area contributed by atoms with Crippen LogP contribution in [0.25, 0.3) is 0 Å². The minimum absolute atomic E-state index is 0.238. The number of nitrogens with two attached hydrogens (primary N) is 1. The molecule has 1 aliphatic rings. The van der Waals surface area contributed by atoms with Gasteiger partial charge in [-0.2, -0.15) is 0 Å². The number of aliphatic hydroxyl groups excluding tert-OH is 3. The smallest absolute Gasteiger partial charge is 0.109 e. The molecule has 0 aromatic heterocycles. The first kappa shape index (κ1) is 14.4. The van der Waals surface area contributed by atoms with Crippen LogP contribution in [0.3, 0.4) is 0 Å². The molecule has 0 spiro atoms. The van der Waals surface area contributed by atoms with E-state index >= 15 is 0 Å². The molecule has 0 saturated carbocycles. The van der Waals surface area contributed by atoms with Gasteiger partial charge in [0, 0.05) is 12.3 Å². The molecule has 90 valence electrons. The van der Waals surface area contributed by atoms with Crippen LogP contribution in [-0.4, -0.2) is 46.8 Å². The van der Waals surface area contributed by atoms with E-state index in [0.29, 0.717) is 13.0 Å². The van der Waals surface area contributed by atoms with Crippen molar-refractivity contribution in [2.24, 2.45) is 5.73 Å². The quantitative estimate of drug-likeness (QED) is 0.470. The molecule has 5 heteroatoms. The predicted octanol–water partition coefficient (Wildman–Crippen LogP) is -0.642. The zero-order chi connectivity index (χ0) is 11.8. The fourth-order valence-electron chi connectivity index (χ4n) is 1.02. The van der Waals surface area contributed by atoms with Crippen LogP contribution in [-0.2, 0) is 4.74 Å². The van der Waals surface area contributed by atoms with Gasteiger partial charge >= 0.3 is 0 Å². The average molecular weight is 219 g/mol. The summed E-state index contributed by atoms with van der Waals surface area (Å²) in [5, 5.41) is 26.7. The summed E-state index contributed by atoms with van der Waals surface area (Å²) in [6, 6.07) is 0. The summed E-state index contributed by atoms with van der Waals surface area (Å²) in [5.41, 5.74) is 6.03. The van der Waals surface area contributed by atoms with Crippen molar-refractivity contribution in [2.45, 2.75) is 38.6 Å². The van der Waals surface area contributed by atoms with Gasteiger partial charge in [0.1, 0.15) is 12.2 Å². The van der Waals surface area contributed by atoms with Gasteiger partial charge in [0.25, 0.3) is 0 Å². The van der Waals surface area contributed by atoms with E-state index < -0.39 is 18.3 Å². The molecule has 1 aliphatic heterocycles. The van der Waals surface area contributed by atoms with Gasteiger partial charge < -0.3 is 25.8 Å². The normalized spacial score (nSPS) is 31.8. The first-order valence-corrected chi connectivity index (χ1v) is 4.99. The van der Waals surface area contributed by atoms with Crippen LogP contribution in [0.1, 0.15) is 20.3 Å². The lowest BCUT2D eigenvalue weighted by Crippen LogP contribution is -2.46. The highest BCUT2D eigenvalue weighted by Gasteiger charge is 2.30. The highest BCUT2D eigenvalue weighted by atomic mass is 16.5. The first-order chi connectivity index (χ1) is 7.02. The summed E-state index contributed by atoms with van der Waals surface area (Å²) >= 11 is 0. The Morgan fingerprint density at radius 1 is 1.53 bits per heavy atom. The van der Waals surface area contributed by atoms with Crippen molar-refractivity contribution in [2.75, 3.05) is 13.2 Å². The van der Waals surface area contributed by atoms with Crippen LogP contribution in [0.4, 0.5) is 0 Å². The second-order valence-corrected chi connectivity index (χ2v) is 3.47. The van der Waals surface area contributed by atoms with E-state index in [-0.39, 0.29) is 6.61 Å². The standard InChI is InChI=1S/C6H12O4.C4H9N/c7-3-5-6(9)4(8)1-2-10-5;1-3-4(2)5/h4-9H,1-3H2;3H,5H2,1-2H3/b;4-3-. The molecule has 0 radical (unpaired) electrons. The van der Waals surface area contributed by atoms with E-state index in [0.717, 1.165) is 5.70 Å². The molecule has 0 aromatic carbocycles. The lowest BCUT2D eigenvalue weighted by atomic mass is 10.0. The lowest BCUT2D eigenvalue weighted by Gasteiger charge is -2.30. The third kappa shape index (κ3) is 5.74. The molecule has 1 heterocycles. The molecule has 15 heavy (non-hydrogen) atoms. The lowest BCUT2D eigenvalue weighted by molar-refractivity contribution is -0.147. The summed E-state index contributed by atoms with van der Waals surface area (Å²) in [6.07, 6.45) is 0.0194. The van der Waals surface area contributed by atoms with Gasteiger partial charge in [-0.3, -0.25) is 0 Å². The molecular weight excluding hydrogens is 198 g/mol. The molecule has 0 aromatic rings. The number of hydrogen-bond acceptors (Lipinski definition) is 5. The van der Waals surface area contributed by atoms with Crippen molar-refractivity contribution < 1.29 is 20.1 Å². The predicted molar refractivity (Wildman–Crippen MR) is 57.1 cm³/mol. The second-order valence-electron chi connectivity index (χ2n) is 3.47. The van der Waals surface area contributed by atoms with Crippen molar-refractivity contribution >= 4 is 0 Å². The van der Waals surface area contributed by atoms with Crippen LogP contribution >= 0.6 is 0 Å². The molecule has 3 unspecified atom stereocenters. The van der Waals surface area contributed by atoms with Gasteiger partial charge in [-0.05, 0) is 20.3 Å². The molecule has 5 nitrogen and oxygen atoms in total. The summed E-state index contributed by atoms with van der Waals surface area (Å²) in [5.74, 6) is 0. The Hall–Kier alpha value is -0.620. The highest BCUT2D eigenvalue weighted by molar-refractivity contribution is 4.86. The summed E-state index contributed by atoms with van der Waals surface area (Å²) < 4.78 is 4.95. The van der Waals surface area contributed by atoms with Crippen molar-refractivity contribution in [1.82, 2.24) is 0 Å². The highest BCUT2D eigenvalue weighted by Crippen LogP contribution is 2.13. The largest absolute Gasteiger partial charge is 0.403 e. The van der Waals surface area contributed by atoms with E-state index in [4.69, 9.17) is 25.8 Å². The Balaban J connectivity index is 0.000000336. The van der Waals surface area contributed by atoms with Crippen LogP contribution in [0.15, 0.2) is 11.8 Å². The van der Waals surface area contributed by atoms with Gasteiger partial charge in [0.15, 0.2) is 0 Å². The zero-order valence-electron chi connectivity index (χ0n) is 9.26. The molecule has 1 rings (SSSR count). The fraction of sp³-hybridized carbons (Fsp3) is 0.800. The number of allylic oxidation sites excluding steroid dienone is 2. The van der Waals surface area contributed by atoms with E-state index in [2.05, 4.69) is 0 Å². The van der Waals surface area contributed by atoms with Crippen molar-refractivity contribution in [3.63, 3.8) is 0 Å². The molecule has 0 aliphatic carbocycles. The zero-order valence-corrected chi connectivity index (χ0v) is 9.26. The molecule has 1 saturated heterocycles. The van der Waals surface area contributed by atoms with Gasteiger partial charge in [-0.15, -0.1) is 0 Å². The maximum atomic E-state index is 9.10. The van der Waals surface area contributed by atoms with Crippen LogP contribution in [0.5, 0.6) is 0 Å². The monoisotopic (exact) mass is 219 g/mol. The Kier molecular flexibility index (Phi) is 7.33. The SMILES string of the molecule is C/C=C(/C)N.OCC1OCCC(O)C1O. The number of ether oxygens (including phenoxy) is 1. The maximum Gasteiger partial charge on any atom is 0.109 e. The minimum atomic E-state index is -0.932. The van der Waals surface area contributed by atoms with Gasteiger partial charge in [-0.1, -0.05) is 6.08 Å². The van der Waals surface area contributed by atoms with E-state index in [9.17, 15) is 0 Å². The van der Waals surface area contributed by atoms with Crippen molar-refractivity contribution in [1.29, 1.82) is 0 Å². The van der Waals surface area contributed by atoms with Crippen molar-refractivity contribution in [3.05, 3.63) is 11.8 Å². The molecule has 3 atom stereocenters. The topological polar surface area (TPSA) is 95.9 Å². The number of rotatable bonds is 1. The van der Waals surface area contributed by atoms with Crippen LogP contribution < -0.4 is 5.73 Å². The molecular formula is C10H21NO4. The van der Waals surface area contributed by atoms with Crippen molar-refractivity contribution in [3.8, 4) is 0 Å². The fourth-order valence-corrected chi connectivity index (χ4v) is 1.02.